The van der Waals surface area contributed by atoms with Crippen molar-refractivity contribution in [2.45, 2.75) is 30.7 Å². The zero-order valence-electron chi connectivity index (χ0n) is 13.9. The van der Waals surface area contributed by atoms with E-state index in [-0.39, 0.29) is 9.92 Å². The van der Waals surface area contributed by atoms with Crippen molar-refractivity contribution in [1.82, 2.24) is 20.2 Å². The number of hydrogen-bond acceptors (Lipinski definition) is 5. The first-order chi connectivity index (χ1) is 12.4. The van der Waals surface area contributed by atoms with Crippen LogP contribution in [0.15, 0.2) is 47.4 Å². The van der Waals surface area contributed by atoms with Crippen LogP contribution in [-0.2, 0) is 10.0 Å². The van der Waals surface area contributed by atoms with Crippen LogP contribution >= 0.6 is 11.6 Å². The van der Waals surface area contributed by atoms with Gasteiger partial charge in [0.1, 0.15) is 4.90 Å². The van der Waals surface area contributed by atoms with Gasteiger partial charge in [-0.1, -0.05) is 17.7 Å². The van der Waals surface area contributed by atoms with Crippen LogP contribution < -0.4 is 4.72 Å². The summed E-state index contributed by atoms with van der Waals surface area (Å²) in [7, 11) is -3.77. The van der Waals surface area contributed by atoms with E-state index in [1.54, 1.807) is 36.4 Å². The molecule has 1 aromatic heterocycles. The number of hydrogen-bond donors (Lipinski definition) is 1. The molecule has 1 N–H and O–H groups in total. The standard InChI is InChI=1S/C17H16ClN5O2S/c1-11-2-9-16(15(18)10-11)26(24,25)20-13-5-3-12(4-6-13)17-19-21-22-23(17)14-7-8-14/h2-6,9-10,14,20H,7-8H2,1H3. The molecule has 0 amide bonds. The Morgan fingerprint density at radius 2 is 1.88 bits per heavy atom. The van der Waals surface area contributed by atoms with Crippen LogP contribution in [0.1, 0.15) is 24.4 Å². The number of aryl methyl sites for hydroxylation is 1. The summed E-state index contributed by atoms with van der Waals surface area (Å²) in [6.45, 7) is 1.85. The van der Waals surface area contributed by atoms with Gasteiger partial charge in [-0.3, -0.25) is 4.72 Å². The molecule has 1 saturated carbocycles. The lowest BCUT2D eigenvalue weighted by molar-refractivity contribution is 0.601. The Bertz CT molecular complexity index is 1060. The summed E-state index contributed by atoms with van der Waals surface area (Å²) in [5.41, 5.74) is 2.17. The number of tetrazole rings is 1. The fraction of sp³-hybridized carbons (Fsp3) is 0.235. The van der Waals surface area contributed by atoms with Gasteiger partial charge in [-0.15, -0.1) is 5.10 Å². The van der Waals surface area contributed by atoms with Crippen molar-refractivity contribution in [1.29, 1.82) is 0 Å². The minimum atomic E-state index is -3.77. The minimum absolute atomic E-state index is 0.0477. The summed E-state index contributed by atoms with van der Waals surface area (Å²) >= 11 is 6.08. The molecule has 0 atom stereocenters. The van der Waals surface area contributed by atoms with Gasteiger partial charge in [0, 0.05) is 11.3 Å². The number of nitrogens with zero attached hydrogens (tertiary/aromatic N) is 4. The zero-order chi connectivity index (χ0) is 18.3. The van der Waals surface area contributed by atoms with Crippen LogP contribution in [0.3, 0.4) is 0 Å². The van der Waals surface area contributed by atoms with Crippen molar-refractivity contribution in [2.24, 2.45) is 0 Å². The first kappa shape index (κ1) is 17.0. The first-order valence-corrected chi connectivity index (χ1v) is 9.97. The predicted octanol–water partition coefficient (Wildman–Crippen LogP) is 3.44. The largest absolute Gasteiger partial charge is 0.280 e. The van der Waals surface area contributed by atoms with E-state index in [9.17, 15) is 8.42 Å². The molecule has 9 heteroatoms. The lowest BCUT2D eigenvalue weighted by Crippen LogP contribution is -2.13. The second-order valence-corrected chi connectivity index (χ2v) is 8.35. The van der Waals surface area contributed by atoms with Crippen molar-refractivity contribution in [3.05, 3.63) is 53.1 Å². The lowest BCUT2D eigenvalue weighted by atomic mass is 10.2. The van der Waals surface area contributed by atoms with Crippen molar-refractivity contribution in [2.75, 3.05) is 4.72 Å². The third-order valence-corrected chi connectivity index (χ3v) is 6.02. The van der Waals surface area contributed by atoms with Crippen molar-refractivity contribution in [3.8, 4) is 11.4 Å². The average Bonchev–Trinajstić information content (AvgIpc) is 3.32. The number of rotatable bonds is 5. The van der Waals surface area contributed by atoms with E-state index in [0.717, 1.165) is 24.0 Å². The van der Waals surface area contributed by atoms with Gasteiger partial charge in [-0.2, -0.15) is 0 Å². The van der Waals surface area contributed by atoms with Gasteiger partial charge in [-0.05, 0) is 72.2 Å². The highest BCUT2D eigenvalue weighted by Crippen LogP contribution is 2.36. The van der Waals surface area contributed by atoms with E-state index < -0.39 is 10.0 Å². The molecule has 26 heavy (non-hydrogen) atoms. The van der Waals surface area contributed by atoms with E-state index >= 15 is 0 Å². The smallest absolute Gasteiger partial charge is 0.263 e. The second kappa shape index (κ2) is 6.37. The van der Waals surface area contributed by atoms with E-state index in [4.69, 9.17) is 11.6 Å². The van der Waals surface area contributed by atoms with Crippen molar-refractivity contribution < 1.29 is 8.42 Å². The molecule has 3 aromatic rings. The Balaban J connectivity index is 1.58. The highest BCUT2D eigenvalue weighted by Gasteiger charge is 2.28. The van der Waals surface area contributed by atoms with Crippen LogP contribution in [0.5, 0.6) is 0 Å². The molecule has 1 aliphatic carbocycles. The third-order valence-electron chi connectivity index (χ3n) is 4.16. The average molecular weight is 390 g/mol. The highest BCUT2D eigenvalue weighted by molar-refractivity contribution is 7.92. The van der Waals surface area contributed by atoms with Gasteiger partial charge in [-0.25, -0.2) is 13.1 Å². The van der Waals surface area contributed by atoms with Crippen LogP contribution in [0, 0.1) is 6.92 Å². The molecular weight excluding hydrogens is 374 g/mol. The first-order valence-electron chi connectivity index (χ1n) is 8.11. The molecule has 4 rings (SSSR count). The van der Waals surface area contributed by atoms with Gasteiger partial charge in [0.25, 0.3) is 10.0 Å². The predicted molar refractivity (Wildman–Crippen MR) is 98.5 cm³/mol. The Morgan fingerprint density at radius 3 is 2.54 bits per heavy atom. The summed E-state index contributed by atoms with van der Waals surface area (Å²) in [6.07, 6.45) is 2.15. The van der Waals surface area contributed by atoms with Crippen LogP contribution in [0.2, 0.25) is 5.02 Å². The Morgan fingerprint density at radius 1 is 1.15 bits per heavy atom. The van der Waals surface area contributed by atoms with Crippen LogP contribution in [-0.4, -0.2) is 28.6 Å². The molecule has 0 bridgehead atoms. The van der Waals surface area contributed by atoms with Gasteiger partial charge in [0.05, 0.1) is 11.1 Å². The fourth-order valence-electron chi connectivity index (χ4n) is 2.67. The van der Waals surface area contributed by atoms with E-state index in [2.05, 4.69) is 20.2 Å². The maximum atomic E-state index is 12.6. The fourth-order valence-corrected chi connectivity index (χ4v) is 4.33. The quantitative estimate of drug-likeness (QED) is 0.721. The number of nitrogens with one attached hydrogen (secondary N) is 1. The molecule has 0 spiro atoms. The molecular formula is C17H16ClN5O2S. The number of anilines is 1. The molecule has 0 aliphatic heterocycles. The molecule has 0 radical (unpaired) electrons. The molecule has 1 fully saturated rings. The number of aromatic nitrogens is 4. The van der Waals surface area contributed by atoms with E-state index in [1.807, 2.05) is 11.6 Å². The topological polar surface area (TPSA) is 89.8 Å². The van der Waals surface area contributed by atoms with Crippen LogP contribution in [0.25, 0.3) is 11.4 Å². The van der Waals surface area contributed by atoms with Gasteiger partial charge in [0.2, 0.25) is 0 Å². The number of halogens is 1. The molecule has 1 heterocycles. The van der Waals surface area contributed by atoms with Gasteiger partial charge in [0.15, 0.2) is 5.82 Å². The summed E-state index contributed by atoms with van der Waals surface area (Å²) in [4.78, 5) is 0.0477. The summed E-state index contributed by atoms with van der Waals surface area (Å²) < 4.78 is 29.5. The van der Waals surface area contributed by atoms with Crippen molar-refractivity contribution >= 4 is 27.3 Å². The highest BCUT2D eigenvalue weighted by atomic mass is 35.5. The second-order valence-electron chi connectivity index (χ2n) is 6.29. The molecule has 134 valence electrons. The summed E-state index contributed by atoms with van der Waals surface area (Å²) in [6, 6.07) is 12.1. The Hall–Kier alpha value is -2.45. The summed E-state index contributed by atoms with van der Waals surface area (Å²) in [5, 5.41) is 12.0. The Kier molecular flexibility index (Phi) is 4.16. The van der Waals surface area contributed by atoms with E-state index in [0.29, 0.717) is 17.6 Å². The molecule has 7 nitrogen and oxygen atoms in total. The molecule has 2 aromatic carbocycles. The number of sulfonamides is 1. The maximum Gasteiger partial charge on any atom is 0.263 e. The minimum Gasteiger partial charge on any atom is -0.280 e. The van der Waals surface area contributed by atoms with Crippen molar-refractivity contribution in [3.63, 3.8) is 0 Å². The lowest BCUT2D eigenvalue weighted by Gasteiger charge is -2.10. The maximum absolute atomic E-state index is 12.6. The van der Waals surface area contributed by atoms with Gasteiger partial charge >= 0.3 is 0 Å². The zero-order valence-corrected chi connectivity index (χ0v) is 15.5. The SMILES string of the molecule is Cc1ccc(S(=O)(=O)Nc2ccc(-c3nnnn3C3CC3)cc2)c(Cl)c1. The van der Waals surface area contributed by atoms with E-state index in [1.165, 1.54) is 6.07 Å². The summed E-state index contributed by atoms with van der Waals surface area (Å²) in [5.74, 6) is 0.684. The molecule has 1 aliphatic rings. The molecule has 0 unspecified atom stereocenters. The van der Waals surface area contributed by atoms with Crippen LogP contribution in [0.4, 0.5) is 5.69 Å². The Labute approximate surface area is 156 Å². The third kappa shape index (κ3) is 3.30. The monoisotopic (exact) mass is 389 g/mol. The number of benzene rings is 2. The van der Waals surface area contributed by atoms with Gasteiger partial charge < -0.3 is 0 Å². The normalized spacial score (nSPS) is 14.4. The molecule has 0 saturated heterocycles.